The third-order valence-corrected chi connectivity index (χ3v) is 12.0. The number of hydrogen-bond donors (Lipinski definition) is 3. The fraction of sp³-hybridized carbons (Fsp3) is 0.273. The maximum absolute atomic E-state index is 15.2. The monoisotopic (exact) mass is 784 g/mol. The average molecular weight is 786 g/mol. The number of allylic oxidation sites excluding steroid dienone is 2. The predicted octanol–water partition coefficient (Wildman–Crippen LogP) is 4.20. The highest BCUT2D eigenvalue weighted by atomic mass is 35.5. The number of alkyl halides is 2. The van der Waals surface area contributed by atoms with Crippen molar-refractivity contribution in [3.8, 4) is 11.5 Å². The molecule has 3 fully saturated rings. The molecule has 1 saturated carbocycles. The van der Waals surface area contributed by atoms with E-state index >= 15 is 8.78 Å². The fourth-order valence-electron chi connectivity index (χ4n) is 7.94. The van der Waals surface area contributed by atoms with Crippen LogP contribution in [0.15, 0.2) is 48.0 Å². The van der Waals surface area contributed by atoms with Crippen LogP contribution in [0.5, 0.6) is 11.5 Å². The molecule has 2 saturated heterocycles. The number of phenols is 1. The van der Waals surface area contributed by atoms with Crippen LogP contribution >= 0.6 is 34.8 Å². The molecule has 0 aromatic heterocycles. The zero-order chi connectivity index (χ0) is 37.9. The van der Waals surface area contributed by atoms with Crippen molar-refractivity contribution in [2.45, 2.75) is 28.5 Å². The van der Waals surface area contributed by atoms with Crippen LogP contribution in [0.2, 0.25) is 5.02 Å². The molecule has 4 amide bonds. The number of nitrogens with zero attached hydrogens (tertiary/aromatic N) is 2. The zero-order valence-electron chi connectivity index (χ0n) is 26.1. The van der Waals surface area contributed by atoms with E-state index in [9.17, 15) is 47.5 Å². The molecule has 19 heteroatoms. The zero-order valence-corrected chi connectivity index (χ0v) is 28.4. The quantitative estimate of drug-likeness (QED) is 0.0665. The summed E-state index contributed by atoms with van der Waals surface area (Å²) in [4.78, 5) is 51.7. The molecule has 6 atom stereocenters. The minimum Gasteiger partial charge on any atom is -0.503 e. The normalized spacial score (nSPS) is 28.2. The lowest BCUT2D eigenvalue weighted by atomic mass is 9.56. The van der Waals surface area contributed by atoms with Gasteiger partial charge in [0.1, 0.15) is 5.69 Å². The Balaban J connectivity index is 1.44. The van der Waals surface area contributed by atoms with Crippen LogP contribution in [-0.2, 0) is 19.2 Å². The number of fused-ring (bicyclic) bond motifs is 4. The van der Waals surface area contributed by atoms with Crippen LogP contribution < -0.4 is 20.0 Å². The van der Waals surface area contributed by atoms with Crippen molar-refractivity contribution in [3.63, 3.8) is 0 Å². The molecule has 52 heavy (non-hydrogen) atoms. The molecule has 2 aliphatic heterocycles. The van der Waals surface area contributed by atoms with Gasteiger partial charge in [-0.1, -0.05) is 35.4 Å². The van der Waals surface area contributed by atoms with Gasteiger partial charge in [0, 0.05) is 5.92 Å². The summed E-state index contributed by atoms with van der Waals surface area (Å²) in [5.74, 6) is -23.5. The van der Waals surface area contributed by atoms with Crippen molar-refractivity contribution in [2.75, 3.05) is 16.9 Å². The van der Waals surface area contributed by atoms with Crippen LogP contribution in [0.1, 0.15) is 24.3 Å². The first-order chi connectivity index (χ1) is 24.4. The van der Waals surface area contributed by atoms with E-state index < -0.39 is 111 Å². The van der Waals surface area contributed by atoms with Crippen molar-refractivity contribution in [1.82, 2.24) is 0 Å². The summed E-state index contributed by atoms with van der Waals surface area (Å²) in [6.07, 6.45) is 0.583. The van der Waals surface area contributed by atoms with E-state index in [1.807, 2.05) is 0 Å². The number of halogens is 8. The number of ether oxygens (including phenoxy) is 1. The number of amides is 4. The van der Waals surface area contributed by atoms with Gasteiger partial charge in [-0.05, 0) is 54.1 Å². The number of phenolic OH excluding ortho intramolecular Hbond substituents is 1. The summed E-state index contributed by atoms with van der Waals surface area (Å²) in [6.45, 7) is 0. The van der Waals surface area contributed by atoms with Crippen molar-refractivity contribution in [1.29, 1.82) is 0 Å². The summed E-state index contributed by atoms with van der Waals surface area (Å²) < 4.78 is 78.7. The summed E-state index contributed by atoms with van der Waals surface area (Å²) in [7, 11) is -0.792. The van der Waals surface area contributed by atoms with E-state index in [-0.39, 0.29) is 44.4 Å². The first-order valence-corrected chi connectivity index (χ1v) is 16.4. The highest BCUT2D eigenvalue weighted by molar-refractivity contribution is 6.59. The number of aromatic hydroxyl groups is 1. The van der Waals surface area contributed by atoms with E-state index in [0.29, 0.717) is 0 Å². The molecular weight excluding hydrogens is 765 g/mol. The van der Waals surface area contributed by atoms with Gasteiger partial charge in [-0.15, -0.1) is 23.2 Å². The van der Waals surface area contributed by atoms with Gasteiger partial charge in [-0.2, -0.15) is 0 Å². The minimum atomic E-state index is -2.82. The topological polar surface area (TPSA) is 145 Å². The van der Waals surface area contributed by atoms with Gasteiger partial charge in [0.2, 0.25) is 17.6 Å². The molecule has 6 unspecified atom stereocenters. The Bertz CT molecular complexity index is 2170. The maximum Gasteiger partial charge on any atom is 0.488 e. The Kier molecular flexibility index (Phi) is 8.46. The van der Waals surface area contributed by atoms with Crippen molar-refractivity contribution in [3.05, 3.63) is 87.7 Å². The Morgan fingerprint density at radius 1 is 0.865 bits per heavy atom. The maximum atomic E-state index is 15.2. The molecule has 2 heterocycles. The summed E-state index contributed by atoms with van der Waals surface area (Å²) >= 11 is 20.5. The minimum absolute atomic E-state index is 0.0177. The number of carbonyl (C=O) groups is 4. The standard InChI is InChI=1S/C33H21BCl3F5N2O8/c1-52-18-8-11(7-17(35)27(18)45)20-14-5-6-15-19(29(47)43(28(15)46)13-4-2-3-12(9-13)34(50)51)16(14)10-32(36)30(48)44(31(49)33(20,32)37)26-24(41)22(39)21(38)23(40)25(26)42/h2-5,7-9,15-16,19-20,45,50-51H,6,10H2,1H3. The second-order valence-electron chi connectivity index (χ2n) is 12.7. The Labute approximate surface area is 305 Å². The lowest BCUT2D eigenvalue weighted by Crippen LogP contribution is -2.60. The van der Waals surface area contributed by atoms with E-state index in [1.165, 1.54) is 36.4 Å². The van der Waals surface area contributed by atoms with E-state index in [4.69, 9.17) is 39.5 Å². The third-order valence-electron chi connectivity index (χ3n) is 10.3. The summed E-state index contributed by atoms with van der Waals surface area (Å²) in [5, 5.41) is 29.5. The molecule has 3 N–H and O–H groups in total. The van der Waals surface area contributed by atoms with Gasteiger partial charge >= 0.3 is 7.12 Å². The molecule has 0 bridgehead atoms. The van der Waals surface area contributed by atoms with Crippen LogP contribution in [0.4, 0.5) is 33.3 Å². The molecule has 4 aliphatic rings. The van der Waals surface area contributed by atoms with E-state index in [1.54, 1.807) is 0 Å². The SMILES string of the molecule is COc1cc(C2C3=CCC4C(=O)N(c5cccc(B(O)O)c5)C(=O)C4C3CC3(Cl)C(=O)N(c4c(F)c(F)c(F)c(F)c4F)C(=O)C23Cl)cc(Cl)c1O. The molecule has 7 rings (SSSR count). The molecule has 3 aromatic rings. The highest BCUT2D eigenvalue weighted by Gasteiger charge is 2.77. The second kappa shape index (κ2) is 12.2. The lowest BCUT2D eigenvalue weighted by Gasteiger charge is -2.50. The second-order valence-corrected chi connectivity index (χ2v) is 14.4. The Morgan fingerprint density at radius 3 is 2.12 bits per heavy atom. The molecule has 10 nitrogen and oxygen atoms in total. The van der Waals surface area contributed by atoms with Crippen LogP contribution in [-0.4, -0.2) is 62.8 Å². The number of methoxy groups -OCH3 is 1. The lowest BCUT2D eigenvalue weighted by molar-refractivity contribution is -0.125. The van der Waals surface area contributed by atoms with Crippen LogP contribution in [0, 0.1) is 46.8 Å². The van der Waals surface area contributed by atoms with E-state index in [2.05, 4.69) is 0 Å². The van der Waals surface area contributed by atoms with Gasteiger partial charge in [0.15, 0.2) is 44.5 Å². The van der Waals surface area contributed by atoms with Crippen LogP contribution in [0.3, 0.4) is 0 Å². The number of hydrogen-bond acceptors (Lipinski definition) is 8. The van der Waals surface area contributed by atoms with Gasteiger partial charge in [-0.3, -0.25) is 24.1 Å². The smallest absolute Gasteiger partial charge is 0.488 e. The molecule has 0 radical (unpaired) electrons. The van der Waals surface area contributed by atoms with Gasteiger partial charge < -0.3 is 19.9 Å². The average Bonchev–Trinajstić information content (AvgIpc) is 3.45. The van der Waals surface area contributed by atoms with Crippen molar-refractivity contribution in [2.24, 2.45) is 17.8 Å². The molecule has 3 aromatic carbocycles. The highest BCUT2D eigenvalue weighted by Crippen LogP contribution is 2.66. The van der Waals surface area contributed by atoms with Gasteiger partial charge in [-0.25, -0.2) is 26.9 Å². The third kappa shape index (κ3) is 4.63. The van der Waals surface area contributed by atoms with Gasteiger partial charge in [0.05, 0.1) is 29.7 Å². The van der Waals surface area contributed by atoms with Crippen LogP contribution in [0.25, 0.3) is 0 Å². The van der Waals surface area contributed by atoms with E-state index in [0.717, 1.165) is 18.1 Å². The van der Waals surface area contributed by atoms with Gasteiger partial charge in [0.25, 0.3) is 11.8 Å². The summed E-state index contributed by atoms with van der Waals surface area (Å²) in [6, 6.07) is 7.58. The van der Waals surface area contributed by atoms with Crippen molar-refractivity contribution >= 4 is 82.4 Å². The predicted molar refractivity (Wildman–Crippen MR) is 175 cm³/mol. The first kappa shape index (κ1) is 36.2. The molecule has 2 aliphatic carbocycles. The number of carbonyl (C=O) groups excluding carboxylic acids is 4. The number of anilines is 2. The number of rotatable bonds is 5. The largest absolute Gasteiger partial charge is 0.503 e. The Morgan fingerprint density at radius 2 is 1.50 bits per heavy atom. The molecule has 0 spiro atoms. The number of benzene rings is 3. The molecular formula is C33H21BCl3F5N2O8. The number of imide groups is 2. The fourth-order valence-corrected chi connectivity index (χ4v) is 9.09. The first-order valence-electron chi connectivity index (χ1n) is 15.3. The molecule has 270 valence electrons. The Hall–Kier alpha value is -4.22. The van der Waals surface area contributed by atoms with Crippen molar-refractivity contribution < 1.29 is 61.0 Å². The summed E-state index contributed by atoms with van der Waals surface area (Å²) in [5.41, 5.74) is -1.93.